The third-order valence-corrected chi connectivity index (χ3v) is 6.08. The molecule has 0 bridgehead atoms. The molecule has 0 spiro atoms. The van der Waals surface area contributed by atoms with Gasteiger partial charge in [0.2, 0.25) is 0 Å². The number of carbonyl (C=O) groups is 1. The molecule has 4 rings (SSSR count). The predicted octanol–water partition coefficient (Wildman–Crippen LogP) is 5.88. The lowest BCUT2D eigenvalue weighted by molar-refractivity contribution is 0.00951. The second kappa shape index (κ2) is 11.1. The van der Waals surface area contributed by atoms with Gasteiger partial charge in [-0.05, 0) is 48.9 Å². The number of urea groups is 1. The van der Waals surface area contributed by atoms with Gasteiger partial charge >= 0.3 is 6.03 Å². The fraction of sp³-hybridized carbons (Fsp3) is 0.296. The van der Waals surface area contributed by atoms with E-state index in [4.69, 9.17) is 4.74 Å². The molecule has 1 aliphatic rings. The highest BCUT2D eigenvalue weighted by atomic mass is 19.1. The Hall–Kier alpha value is -3.25. The minimum Gasteiger partial charge on any atom is -0.373 e. The molecular weight excluding hydrogens is 422 g/mol. The van der Waals surface area contributed by atoms with E-state index in [0.717, 1.165) is 36.8 Å². The van der Waals surface area contributed by atoms with E-state index in [0.29, 0.717) is 0 Å². The lowest BCUT2D eigenvalue weighted by Gasteiger charge is -2.30. The van der Waals surface area contributed by atoms with Crippen LogP contribution in [0.1, 0.15) is 48.4 Å². The van der Waals surface area contributed by atoms with E-state index >= 15 is 0 Å². The van der Waals surface area contributed by atoms with Crippen molar-refractivity contribution in [1.82, 2.24) is 10.6 Å². The Morgan fingerprint density at radius 1 is 0.818 bits per heavy atom. The molecule has 1 aliphatic carbocycles. The molecule has 0 aromatic heterocycles. The summed E-state index contributed by atoms with van der Waals surface area (Å²) in [5, 5.41) is 6.18. The first-order valence-electron chi connectivity index (χ1n) is 11.3. The molecule has 172 valence electrons. The summed E-state index contributed by atoms with van der Waals surface area (Å²) < 4.78 is 33.3. The molecule has 0 saturated heterocycles. The lowest BCUT2D eigenvalue weighted by Crippen LogP contribution is -2.45. The minimum absolute atomic E-state index is 0.0299. The van der Waals surface area contributed by atoms with Crippen LogP contribution in [0.15, 0.2) is 78.9 Å². The number of hydrogen-bond acceptors (Lipinski definition) is 2. The number of carbonyl (C=O) groups excluding carboxylic acids is 1. The minimum atomic E-state index is -0.589. The van der Waals surface area contributed by atoms with E-state index in [1.165, 1.54) is 18.2 Å². The molecule has 4 nitrogen and oxygen atoms in total. The van der Waals surface area contributed by atoms with Crippen molar-refractivity contribution in [3.8, 4) is 0 Å². The first-order valence-corrected chi connectivity index (χ1v) is 11.3. The van der Waals surface area contributed by atoms with Crippen molar-refractivity contribution in [3.63, 3.8) is 0 Å². The van der Waals surface area contributed by atoms with Gasteiger partial charge in [0.1, 0.15) is 11.6 Å². The van der Waals surface area contributed by atoms with Gasteiger partial charge in [-0.15, -0.1) is 0 Å². The fourth-order valence-electron chi connectivity index (χ4n) is 4.25. The molecule has 0 aliphatic heterocycles. The van der Waals surface area contributed by atoms with Crippen molar-refractivity contribution in [2.45, 2.75) is 50.5 Å². The molecule has 0 heterocycles. The molecular formula is C27H28F2N2O2. The monoisotopic (exact) mass is 450 g/mol. The van der Waals surface area contributed by atoms with E-state index in [-0.39, 0.29) is 36.4 Å². The van der Waals surface area contributed by atoms with Crippen molar-refractivity contribution >= 4 is 6.03 Å². The first kappa shape index (κ1) is 22.9. The number of rotatable bonds is 7. The van der Waals surface area contributed by atoms with Crippen LogP contribution in [0.3, 0.4) is 0 Å². The molecule has 3 aromatic rings. The Morgan fingerprint density at radius 2 is 1.36 bits per heavy atom. The van der Waals surface area contributed by atoms with Crippen LogP contribution in [0.25, 0.3) is 0 Å². The van der Waals surface area contributed by atoms with E-state index in [9.17, 15) is 13.6 Å². The Bertz CT molecular complexity index is 979. The van der Waals surface area contributed by atoms with E-state index < -0.39 is 11.6 Å². The van der Waals surface area contributed by atoms with Gasteiger partial charge in [0, 0.05) is 11.6 Å². The van der Waals surface area contributed by atoms with Crippen LogP contribution in [-0.4, -0.2) is 18.2 Å². The van der Waals surface area contributed by atoms with Gasteiger partial charge in [-0.3, -0.25) is 0 Å². The molecule has 2 N–H and O–H groups in total. The van der Waals surface area contributed by atoms with Crippen LogP contribution < -0.4 is 10.6 Å². The number of ether oxygens (including phenoxy) is 1. The average molecular weight is 451 g/mol. The van der Waals surface area contributed by atoms with Gasteiger partial charge in [-0.25, -0.2) is 13.6 Å². The summed E-state index contributed by atoms with van der Waals surface area (Å²) in [4.78, 5) is 12.8. The van der Waals surface area contributed by atoms with Crippen LogP contribution in [-0.2, 0) is 11.3 Å². The van der Waals surface area contributed by atoms with Gasteiger partial charge in [0.25, 0.3) is 0 Å². The van der Waals surface area contributed by atoms with Gasteiger partial charge in [-0.2, -0.15) is 0 Å². The zero-order valence-corrected chi connectivity index (χ0v) is 18.3. The summed E-state index contributed by atoms with van der Waals surface area (Å²) in [5.41, 5.74) is 1.98. The van der Waals surface area contributed by atoms with E-state index in [2.05, 4.69) is 10.6 Å². The molecule has 0 radical (unpaired) electrons. The standard InChI is InChI=1S/C27H28F2N2O2/c28-24-12-7-13-25(29)23(24)18-33-22-16-14-21(15-17-22)30-27(32)31-26(19-8-3-1-4-9-19)20-10-5-2-6-11-20/h1-13,21-22,26H,14-18H2,(H2,30,31,32)/t21-,22-. The van der Waals surface area contributed by atoms with Gasteiger partial charge < -0.3 is 15.4 Å². The SMILES string of the molecule is O=C(NC(c1ccccc1)c1ccccc1)N[C@H]1CC[C@H](OCc2c(F)cccc2F)CC1. The van der Waals surface area contributed by atoms with Crippen molar-refractivity contribution < 1.29 is 18.3 Å². The van der Waals surface area contributed by atoms with Crippen molar-refractivity contribution in [1.29, 1.82) is 0 Å². The third-order valence-electron chi connectivity index (χ3n) is 6.08. The first-order chi connectivity index (χ1) is 16.1. The molecule has 0 atom stereocenters. The highest BCUT2D eigenvalue weighted by Gasteiger charge is 2.25. The second-order valence-corrected chi connectivity index (χ2v) is 8.36. The summed E-state index contributed by atoms with van der Waals surface area (Å²) >= 11 is 0. The molecule has 1 saturated carbocycles. The van der Waals surface area contributed by atoms with Crippen molar-refractivity contribution in [3.05, 3.63) is 107 Å². The largest absolute Gasteiger partial charge is 0.373 e. The zero-order valence-electron chi connectivity index (χ0n) is 18.3. The van der Waals surface area contributed by atoms with Crippen LogP contribution in [0.4, 0.5) is 13.6 Å². The summed E-state index contributed by atoms with van der Waals surface area (Å²) in [5.74, 6) is -1.18. The van der Waals surface area contributed by atoms with E-state index in [1.807, 2.05) is 60.7 Å². The molecule has 3 aromatic carbocycles. The number of hydrogen-bond donors (Lipinski definition) is 2. The van der Waals surface area contributed by atoms with Crippen LogP contribution in [0.5, 0.6) is 0 Å². The summed E-state index contributed by atoms with van der Waals surface area (Å²) in [6, 6.07) is 23.1. The number of halogens is 2. The summed E-state index contributed by atoms with van der Waals surface area (Å²) in [6.45, 7) is -0.0857. The smallest absolute Gasteiger partial charge is 0.315 e. The number of amides is 2. The van der Waals surface area contributed by atoms with E-state index in [1.54, 1.807) is 0 Å². The molecule has 33 heavy (non-hydrogen) atoms. The normalized spacial score (nSPS) is 18.2. The number of nitrogens with one attached hydrogen (secondary N) is 2. The molecule has 1 fully saturated rings. The Labute approximate surface area is 193 Å². The second-order valence-electron chi connectivity index (χ2n) is 8.36. The Morgan fingerprint density at radius 3 is 1.91 bits per heavy atom. The van der Waals surface area contributed by atoms with Gasteiger partial charge in [0.15, 0.2) is 0 Å². The predicted molar refractivity (Wildman–Crippen MR) is 124 cm³/mol. The van der Waals surface area contributed by atoms with Crippen LogP contribution >= 0.6 is 0 Å². The summed E-state index contributed by atoms with van der Waals surface area (Å²) in [6.07, 6.45) is 2.87. The average Bonchev–Trinajstić information content (AvgIpc) is 2.84. The Kier molecular flexibility index (Phi) is 7.68. The maximum absolute atomic E-state index is 13.8. The van der Waals surface area contributed by atoms with Gasteiger partial charge in [-0.1, -0.05) is 66.7 Å². The van der Waals surface area contributed by atoms with Crippen molar-refractivity contribution in [2.24, 2.45) is 0 Å². The van der Waals surface area contributed by atoms with Crippen LogP contribution in [0, 0.1) is 11.6 Å². The zero-order chi connectivity index (χ0) is 23.0. The van der Waals surface area contributed by atoms with Crippen LogP contribution in [0.2, 0.25) is 0 Å². The maximum atomic E-state index is 13.8. The topological polar surface area (TPSA) is 50.4 Å². The van der Waals surface area contributed by atoms with Crippen molar-refractivity contribution in [2.75, 3.05) is 0 Å². The quantitative estimate of drug-likeness (QED) is 0.472. The molecule has 2 amide bonds. The maximum Gasteiger partial charge on any atom is 0.315 e. The molecule has 6 heteroatoms. The third kappa shape index (κ3) is 6.17. The summed E-state index contributed by atoms with van der Waals surface area (Å²) in [7, 11) is 0. The number of benzene rings is 3. The Balaban J connectivity index is 1.28. The highest BCUT2D eigenvalue weighted by molar-refractivity contribution is 5.75. The lowest BCUT2D eigenvalue weighted by atomic mass is 9.93. The molecule has 0 unspecified atom stereocenters. The highest BCUT2D eigenvalue weighted by Crippen LogP contribution is 2.25. The van der Waals surface area contributed by atoms with Gasteiger partial charge in [0.05, 0.1) is 18.8 Å². The fourth-order valence-corrected chi connectivity index (χ4v) is 4.25.